The Kier molecular flexibility index (Phi) is 5.86. The molecule has 1 aromatic carbocycles. The molecule has 0 spiro atoms. The SMILES string of the molecule is CC(N[C@H](C)CO)c1ccc(N2CCCCCC2)cc1. The summed E-state index contributed by atoms with van der Waals surface area (Å²) in [5.41, 5.74) is 2.63. The number of nitrogens with zero attached hydrogens (tertiary/aromatic N) is 1. The number of anilines is 1. The van der Waals surface area contributed by atoms with Crippen molar-refractivity contribution < 1.29 is 5.11 Å². The quantitative estimate of drug-likeness (QED) is 0.867. The van der Waals surface area contributed by atoms with Gasteiger partial charge in [-0.15, -0.1) is 0 Å². The molecule has 112 valence electrons. The summed E-state index contributed by atoms with van der Waals surface area (Å²) in [6.45, 7) is 6.70. The highest BCUT2D eigenvalue weighted by Gasteiger charge is 2.12. The van der Waals surface area contributed by atoms with Crippen LogP contribution < -0.4 is 10.2 Å². The van der Waals surface area contributed by atoms with E-state index in [0.29, 0.717) is 0 Å². The van der Waals surface area contributed by atoms with Gasteiger partial charge in [-0.2, -0.15) is 0 Å². The van der Waals surface area contributed by atoms with E-state index in [-0.39, 0.29) is 18.7 Å². The largest absolute Gasteiger partial charge is 0.395 e. The number of hydrogen-bond donors (Lipinski definition) is 2. The molecular weight excluding hydrogens is 248 g/mol. The summed E-state index contributed by atoms with van der Waals surface area (Å²) in [7, 11) is 0. The van der Waals surface area contributed by atoms with E-state index in [0.717, 1.165) is 0 Å². The van der Waals surface area contributed by atoms with Crippen LogP contribution in [0.1, 0.15) is 51.1 Å². The molecule has 2 atom stereocenters. The Morgan fingerprint density at radius 1 is 1.05 bits per heavy atom. The van der Waals surface area contributed by atoms with Gasteiger partial charge >= 0.3 is 0 Å². The number of aliphatic hydroxyl groups is 1. The van der Waals surface area contributed by atoms with E-state index < -0.39 is 0 Å². The summed E-state index contributed by atoms with van der Waals surface area (Å²) in [5, 5.41) is 12.5. The number of rotatable bonds is 5. The zero-order chi connectivity index (χ0) is 14.4. The first-order valence-corrected chi connectivity index (χ1v) is 7.92. The lowest BCUT2D eigenvalue weighted by Gasteiger charge is -2.24. The van der Waals surface area contributed by atoms with Crippen molar-refractivity contribution >= 4 is 5.69 Å². The number of aliphatic hydroxyl groups excluding tert-OH is 1. The summed E-state index contributed by atoms with van der Waals surface area (Å²) in [4.78, 5) is 2.51. The summed E-state index contributed by atoms with van der Waals surface area (Å²) < 4.78 is 0. The van der Waals surface area contributed by atoms with Crippen molar-refractivity contribution in [3.63, 3.8) is 0 Å². The predicted octanol–water partition coefficient (Wildman–Crippen LogP) is 3.10. The molecule has 0 aromatic heterocycles. The Morgan fingerprint density at radius 3 is 2.20 bits per heavy atom. The molecule has 0 radical (unpaired) electrons. The van der Waals surface area contributed by atoms with Crippen molar-refractivity contribution in [2.45, 2.75) is 51.6 Å². The molecule has 2 rings (SSSR count). The van der Waals surface area contributed by atoms with Crippen LogP contribution in [0.15, 0.2) is 24.3 Å². The lowest BCUT2D eigenvalue weighted by molar-refractivity contribution is 0.243. The molecule has 2 N–H and O–H groups in total. The summed E-state index contributed by atoms with van der Waals surface area (Å²) in [6.07, 6.45) is 5.37. The maximum absolute atomic E-state index is 9.10. The molecule has 1 unspecified atom stereocenters. The van der Waals surface area contributed by atoms with Crippen LogP contribution in [0.3, 0.4) is 0 Å². The summed E-state index contributed by atoms with van der Waals surface area (Å²) >= 11 is 0. The fraction of sp³-hybridized carbons (Fsp3) is 0.647. The maximum Gasteiger partial charge on any atom is 0.0582 e. The van der Waals surface area contributed by atoms with E-state index >= 15 is 0 Å². The number of benzene rings is 1. The Labute approximate surface area is 123 Å². The van der Waals surface area contributed by atoms with Gasteiger partial charge in [-0.3, -0.25) is 0 Å². The van der Waals surface area contributed by atoms with E-state index in [9.17, 15) is 0 Å². The smallest absolute Gasteiger partial charge is 0.0582 e. The van der Waals surface area contributed by atoms with Gasteiger partial charge < -0.3 is 15.3 Å². The van der Waals surface area contributed by atoms with Crippen molar-refractivity contribution in [2.24, 2.45) is 0 Å². The highest BCUT2D eigenvalue weighted by Crippen LogP contribution is 2.22. The first-order chi connectivity index (χ1) is 9.70. The van der Waals surface area contributed by atoms with Gasteiger partial charge in [0, 0.05) is 30.9 Å². The molecule has 0 aliphatic carbocycles. The maximum atomic E-state index is 9.10. The van der Waals surface area contributed by atoms with Crippen LogP contribution in [-0.2, 0) is 0 Å². The molecule has 1 fully saturated rings. The van der Waals surface area contributed by atoms with Gasteiger partial charge in [0.1, 0.15) is 0 Å². The Bertz CT molecular complexity index is 382. The Balaban J connectivity index is 1.98. The third-order valence-electron chi connectivity index (χ3n) is 4.17. The third-order valence-corrected chi connectivity index (χ3v) is 4.17. The summed E-state index contributed by atoms with van der Waals surface area (Å²) in [5.74, 6) is 0. The third kappa shape index (κ3) is 4.22. The van der Waals surface area contributed by atoms with Crippen LogP contribution in [-0.4, -0.2) is 30.8 Å². The van der Waals surface area contributed by atoms with Gasteiger partial charge in [-0.05, 0) is 44.4 Å². The second-order valence-corrected chi connectivity index (χ2v) is 5.96. The Morgan fingerprint density at radius 2 is 1.65 bits per heavy atom. The minimum Gasteiger partial charge on any atom is -0.395 e. The first kappa shape index (κ1) is 15.3. The van der Waals surface area contributed by atoms with Crippen LogP contribution in [0.25, 0.3) is 0 Å². The van der Waals surface area contributed by atoms with Crippen LogP contribution in [0, 0.1) is 0 Å². The van der Waals surface area contributed by atoms with Crippen LogP contribution >= 0.6 is 0 Å². The highest BCUT2D eigenvalue weighted by atomic mass is 16.3. The monoisotopic (exact) mass is 276 g/mol. The number of hydrogen-bond acceptors (Lipinski definition) is 3. The normalized spacial score (nSPS) is 19.4. The van der Waals surface area contributed by atoms with Crippen LogP contribution in [0.5, 0.6) is 0 Å². The van der Waals surface area contributed by atoms with E-state index in [1.807, 2.05) is 6.92 Å². The van der Waals surface area contributed by atoms with Gasteiger partial charge in [-0.25, -0.2) is 0 Å². The fourth-order valence-corrected chi connectivity index (χ4v) is 2.88. The fourth-order valence-electron chi connectivity index (χ4n) is 2.88. The molecular formula is C17H28N2O. The molecule has 1 aliphatic heterocycles. The zero-order valence-corrected chi connectivity index (χ0v) is 12.8. The molecule has 1 aliphatic rings. The molecule has 1 aromatic rings. The van der Waals surface area contributed by atoms with Crippen molar-refractivity contribution in [1.82, 2.24) is 5.32 Å². The van der Waals surface area contributed by atoms with Gasteiger partial charge in [0.05, 0.1) is 6.61 Å². The minimum absolute atomic E-state index is 0.135. The minimum atomic E-state index is 0.135. The lowest BCUT2D eigenvalue weighted by Crippen LogP contribution is -2.31. The topological polar surface area (TPSA) is 35.5 Å². The molecule has 0 bridgehead atoms. The predicted molar refractivity (Wildman–Crippen MR) is 85.2 cm³/mol. The molecule has 20 heavy (non-hydrogen) atoms. The molecule has 3 heteroatoms. The zero-order valence-electron chi connectivity index (χ0n) is 12.8. The molecule has 3 nitrogen and oxygen atoms in total. The van der Waals surface area contributed by atoms with E-state index in [1.54, 1.807) is 0 Å². The van der Waals surface area contributed by atoms with E-state index in [2.05, 4.69) is 41.4 Å². The van der Waals surface area contributed by atoms with Crippen LogP contribution in [0.4, 0.5) is 5.69 Å². The second kappa shape index (κ2) is 7.65. The van der Waals surface area contributed by atoms with E-state index in [4.69, 9.17) is 5.11 Å². The molecule has 0 saturated carbocycles. The average Bonchev–Trinajstić information content (AvgIpc) is 2.76. The number of nitrogens with one attached hydrogen (secondary N) is 1. The van der Waals surface area contributed by atoms with Gasteiger partial charge in [0.15, 0.2) is 0 Å². The average molecular weight is 276 g/mol. The highest BCUT2D eigenvalue weighted by molar-refractivity contribution is 5.48. The van der Waals surface area contributed by atoms with Crippen molar-refractivity contribution in [2.75, 3.05) is 24.6 Å². The van der Waals surface area contributed by atoms with Gasteiger partial charge in [-0.1, -0.05) is 25.0 Å². The lowest BCUT2D eigenvalue weighted by atomic mass is 10.1. The Hall–Kier alpha value is -1.06. The van der Waals surface area contributed by atoms with Gasteiger partial charge in [0.2, 0.25) is 0 Å². The summed E-state index contributed by atoms with van der Waals surface area (Å²) in [6, 6.07) is 9.31. The van der Waals surface area contributed by atoms with Gasteiger partial charge in [0.25, 0.3) is 0 Å². The first-order valence-electron chi connectivity index (χ1n) is 7.92. The van der Waals surface area contributed by atoms with Crippen molar-refractivity contribution in [3.8, 4) is 0 Å². The standard InChI is InChI=1S/C17H28N2O/c1-14(13-20)18-15(2)16-7-9-17(10-8-16)19-11-5-3-4-6-12-19/h7-10,14-15,18,20H,3-6,11-13H2,1-2H3/t14-,15?/m1/s1. The second-order valence-electron chi connectivity index (χ2n) is 5.96. The van der Waals surface area contributed by atoms with E-state index in [1.165, 1.54) is 50.0 Å². The molecule has 1 saturated heterocycles. The van der Waals surface area contributed by atoms with Crippen molar-refractivity contribution in [3.05, 3.63) is 29.8 Å². The van der Waals surface area contributed by atoms with Crippen molar-refractivity contribution in [1.29, 1.82) is 0 Å². The van der Waals surface area contributed by atoms with Crippen LogP contribution in [0.2, 0.25) is 0 Å². The molecule has 0 amide bonds. The molecule has 1 heterocycles.